The summed E-state index contributed by atoms with van der Waals surface area (Å²) in [7, 11) is 1.29. The van der Waals surface area contributed by atoms with Gasteiger partial charge in [-0.1, -0.05) is 53.3 Å². The highest BCUT2D eigenvalue weighted by Crippen LogP contribution is 2.34. The number of anilines is 1. The molecule has 6 heteroatoms. The fraction of sp³-hybridized carbons (Fsp3) is 0.0909. The van der Waals surface area contributed by atoms with Crippen LogP contribution in [0.5, 0.6) is 0 Å². The number of halogens is 1. The number of thiazole rings is 1. The fourth-order valence-electron chi connectivity index (χ4n) is 1.27. The number of nitrogens with zero attached hydrogens (tertiary/aromatic N) is 1. The van der Waals surface area contributed by atoms with Crippen molar-refractivity contribution in [3.63, 3.8) is 0 Å². The van der Waals surface area contributed by atoms with Crippen molar-refractivity contribution in [2.45, 2.75) is 0 Å². The summed E-state index contributed by atoms with van der Waals surface area (Å²) in [6.45, 7) is 0. The molecule has 17 heavy (non-hydrogen) atoms. The van der Waals surface area contributed by atoms with Crippen LogP contribution in [0.1, 0.15) is 0 Å². The minimum Gasteiger partial charge on any atom is -0.453 e. The Labute approximate surface area is 107 Å². The number of ether oxygens (including phenoxy) is 1. The highest BCUT2D eigenvalue weighted by Gasteiger charge is 2.12. The van der Waals surface area contributed by atoms with E-state index in [9.17, 15) is 4.79 Å². The van der Waals surface area contributed by atoms with Crippen LogP contribution in [0.15, 0.2) is 30.3 Å². The normalized spacial score (nSPS) is 10.0. The van der Waals surface area contributed by atoms with Gasteiger partial charge in [0, 0.05) is 5.56 Å². The minimum atomic E-state index is -0.560. The molecule has 88 valence electrons. The van der Waals surface area contributed by atoms with Crippen molar-refractivity contribution in [1.29, 1.82) is 0 Å². The van der Waals surface area contributed by atoms with Crippen molar-refractivity contribution in [1.82, 2.24) is 4.98 Å². The van der Waals surface area contributed by atoms with E-state index >= 15 is 0 Å². The number of methoxy groups -OCH3 is 1. The molecule has 1 aromatic heterocycles. The number of carbonyl (C=O) groups excluding carboxylic acids is 1. The first-order chi connectivity index (χ1) is 8.20. The van der Waals surface area contributed by atoms with Gasteiger partial charge in [0.25, 0.3) is 0 Å². The van der Waals surface area contributed by atoms with Gasteiger partial charge in [-0.2, -0.15) is 0 Å². The van der Waals surface area contributed by atoms with E-state index in [1.165, 1.54) is 18.4 Å². The Balaban J connectivity index is 2.28. The number of rotatable bonds is 2. The van der Waals surface area contributed by atoms with Crippen LogP contribution < -0.4 is 5.32 Å². The Bertz CT molecular complexity index is 528. The molecule has 1 aromatic carbocycles. The quantitative estimate of drug-likeness (QED) is 0.905. The van der Waals surface area contributed by atoms with E-state index in [0.717, 1.165) is 5.56 Å². The van der Waals surface area contributed by atoms with Crippen LogP contribution in [0.25, 0.3) is 11.3 Å². The van der Waals surface area contributed by atoms with Crippen LogP contribution in [0, 0.1) is 0 Å². The van der Waals surface area contributed by atoms with E-state index in [0.29, 0.717) is 15.2 Å². The third kappa shape index (κ3) is 2.75. The molecule has 1 N–H and O–H groups in total. The van der Waals surface area contributed by atoms with E-state index in [-0.39, 0.29) is 0 Å². The standard InChI is InChI=1S/C11H9ClN2O2S/c1-16-11(15)14-10-13-8(9(12)17-10)7-5-3-2-4-6-7/h2-6H,1H3,(H,13,14,15). The molecule has 0 fully saturated rings. The topological polar surface area (TPSA) is 51.2 Å². The average molecular weight is 269 g/mol. The lowest BCUT2D eigenvalue weighted by molar-refractivity contribution is 0.187. The maximum atomic E-state index is 11.0. The van der Waals surface area contributed by atoms with E-state index in [1.807, 2.05) is 30.3 Å². The average Bonchev–Trinajstić information content (AvgIpc) is 2.71. The molecule has 1 amide bonds. The minimum absolute atomic E-state index is 0.417. The molecule has 1 heterocycles. The second kappa shape index (κ2) is 5.16. The van der Waals surface area contributed by atoms with Crippen molar-refractivity contribution in [3.8, 4) is 11.3 Å². The van der Waals surface area contributed by atoms with E-state index in [1.54, 1.807) is 0 Å². The summed E-state index contributed by atoms with van der Waals surface area (Å²) >= 11 is 7.27. The first-order valence-corrected chi connectivity index (χ1v) is 5.97. The maximum absolute atomic E-state index is 11.0. The predicted octanol–water partition coefficient (Wildman–Crippen LogP) is 3.64. The van der Waals surface area contributed by atoms with Crippen molar-refractivity contribution in [3.05, 3.63) is 34.7 Å². The Morgan fingerprint density at radius 1 is 1.41 bits per heavy atom. The molecule has 2 rings (SSSR count). The zero-order valence-electron chi connectivity index (χ0n) is 8.94. The van der Waals surface area contributed by atoms with Crippen molar-refractivity contribution < 1.29 is 9.53 Å². The number of hydrogen-bond donors (Lipinski definition) is 1. The second-order valence-electron chi connectivity index (χ2n) is 3.12. The highest BCUT2D eigenvalue weighted by atomic mass is 35.5. The first kappa shape index (κ1) is 11.9. The molecule has 0 saturated heterocycles. The Hall–Kier alpha value is -1.59. The lowest BCUT2D eigenvalue weighted by Crippen LogP contribution is -2.10. The second-order valence-corrected chi connectivity index (χ2v) is 4.73. The molecule has 0 aliphatic heterocycles. The number of hydrogen-bond acceptors (Lipinski definition) is 4. The molecule has 0 bridgehead atoms. The Kier molecular flexibility index (Phi) is 3.61. The summed E-state index contributed by atoms with van der Waals surface area (Å²) in [6, 6.07) is 9.53. The number of amides is 1. The molecule has 0 radical (unpaired) electrons. The van der Waals surface area contributed by atoms with Gasteiger partial charge in [0.2, 0.25) is 0 Å². The van der Waals surface area contributed by atoms with Crippen molar-refractivity contribution in [2.75, 3.05) is 12.4 Å². The van der Waals surface area contributed by atoms with Crippen LogP contribution >= 0.6 is 22.9 Å². The van der Waals surface area contributed by atoms with Crippen molar-refractivity contribution >= 4 is 34.2 Å². The molecule has 0 aliphatic rings. The lowest BCUT2D eigenvalue weighted by atomic mass is 10.2. The Morgan fingerprint density at radius 3 is 2.76 bits per heavy atom. The van der Waals surface area contributed by atoms with Crippen LogP contribution in [0.3, 0.4) is 0 Å². The zero-order valence-corrected chi connectivity index (χ0v) is 10.5. The van der Waals surface area contributed by atoms with Crippen LogP contribution in [-0.2, 0) is 4.74 Å². The zero-order chi connectivity index (χ0) is 12.3. The van der Waals surface area contributed by atoms with E-state index in [4.69, 9.17) is 11.6 Å². The van der Waals surface area contributed by atoms with Gasteiger partial charge in [-0.05, 0) is 0 Å². The number of carbonyl (C=O) groups is 1. The molecule has 0 unspecified atom stereocenters. The molecule has 0 spiro atoms. The summed E-state index contributed by atoms with van der Waals surface area (Å²) in [5.41, 5.74) is 1.57. The number of aromatic nitrogens is 1. The van der Waals surface area contributed by atoms with Crippen molar-refractivity contribution in [2.24, 2.45) is 0 Å². The SMILES string of the molecule is COC(=O)Nc1nc(-c2ccccc2)c(Cl)s1. The highest BCUT2D eigenvalue weighted by molar-refractivity contribution is 7.20. The molecule has 0 aliphatic carbocycles. The molecule has 2 aromatic rings. The van der Waals surface area contributed by atoms with Crippen LogP contribution in [0.4, 0.5) is 9.93 Å². The largest absolute Gasteiger partial charge is 0.453 e. The third-order valence-corrected chi connectivity index (χ3v) is 3.20. The van der Waals surface area contributed by atoms with Gasteiger partial charge in [0.1, 0.15) is 10.0 Å². The van der Waals surface area contributed by atoms with Gasteiger partial charge in [0.15, 0.2) is 5.13 Å². The summed E-state index contributed by atoms with van der Waals surface area (Å²) in [4.78, 5) is 15.3. The van der Waals surface area contributed by atoms with Gasteiger partial charge >= 0.3 is 6.09 Å². The van der Waals surface area contributed by atoms with Gasteiger partial charge in [-0.25, -0.2) is 9.78 Å². The summed E-state index contributed by atoms with van der Waals surface area (Å²) in [6.07, 6.45) is -0.560. The van der Waals surface area contributed by atoms with Gasteiger partial charge < -0.3 is 4.74 Å². The predicted molar refractivity (Wildman–Crippen MR) is 68.6 cm³/mol. The summed E-state index contributed by atoms with van der Waals surface area (Å²) < 4.78 is 5.01. The number of nitrogens with one attached hydrogen (secondary N) is 1. The molecular formula is C11H9ClN2O2S. The van der Waals surface area contributed by atoms with E-state index in [2.05, 4.69) is 15.0 Å². The van der Waals surface area contributed by atoms with Crippen LogP contribution in [-0.4, -0.2) is 18.2 Å². The van der Waals surface area contributed by atoms with E-state index < -0.39 is 6.09 Å². The molecule has 0 atom stereocenters. The lowest BCUT2D eigenvalue weighted by Gasteiger charge is -1.97. The first-order valence-electron chi connectivity index (χ1n) is 4.77. The van der Waals surface area contributed by atoms with Gasteiger partial charge in [-0.3, -0.25) is 5.32 Å². The molecule has 4 nitrogen and oxygen atoms in total. The monoisotopic (exact) mass is 268 g/mol. The maximum Gasteiger partial charge on any atom is 0.413 e. The molecular weight excluding hydrogens is 260 g/mol. The fourth-order valence-corrected chi connectivity index (χ4v) is 2.34. The third-order valence-electron chi connectivity index (χ3n) is 2.03. The molecule has 0 saturated carbocycles. The van der Waals surface area contributed by atoms with Gasteiger partial charge in [0.05, 0.1) is 7.11 Å². The Morgan fingerprint density at radius 2 is 2.12 bits per heavy atom. The smallest absolute Gasteiger partial charge is 0.413 e. The summed E-state index contributed by atoms with van der Waals surface area (Å²) in [5.74, 6) is 0. The summed E-state index contributed by atoms with van der Waals surface area (Å²) in [5, 5.41) is 2.90. The van der Waals surface area contributed by atoms with Gasteiger partial charge in [-0.15, -0.1) is 0 Å². The number of benzene rings is 1. The van der Waals surface area contributed by atoms with Crippen LogP contribution in [0.2, 0.25) is 4.34 Å².